The molecule has 6 nitrogen and oxygen atoms in total. The minimum Gasteiger partial charge on any atom is -0.450 e. The van der Waals surface area contributed by atoms with Crippen molar-refractivity contribution in [3.63, 3.8) is 0 Å². The van der Waals surface area contributed by atoms with E-state index in [-0.39, 0.29) is 19.7 Å². The fourth-order valence-corrected chi connectivity index (χ4v) is 2.11. The normalized spacial score (nSPS) is 14.7. The SMILES string of the molecule is CCOC(=O)N1CCN(C(=O)Nc2c(F)cccc2F)CC1. The Morgan fingerprint density at radius 1 is 1.14 bits per heavy atom. The lowest BCUT2D eigenvalue weighted by atomic mass is 10.3. The van der Waals surface area contributed by atoms with Crippen LogP contribution in [0.3, 0.4) is 0 Å². The summed E-state index contributed by atoms with van der Waals surface area (Å²) >= 11 is 0. The van der Waals surface area contributed by atoms with Gasteiger partial charge in [-0.3, -0.25) is 0 Å². The summed E-state index contributed by atoms with van der Waals surface area (Å²) in [7, 11) is 0. The summed E-state index contributed by atoms with van der Waals surface area (Å²) < 4.78 is 31.8. The number of nitrogens with zero attached hydrogens (tertiary/aromatic N) is 2. The van der Waals surface area contributed by atoms with Crippen molar-refractivity contribution in [3.8, 4) is 0 Å². The maximum absolute atomic E-state index is 13.5. The molecule has 0 aromatic heterocycles. The molecule has 0 saturated carbocycles. The standard InChI is InChI=1S/C14H17F2N3O3/c1-2-22-14(21)19-8-6-18(7-9-19)13(20)17-12-10(15)4-3-5-11(12)16/h3-5H,2,6-9H2,1H3,(H,17,20). The molecule has 0 spiro atoms. The van der Waals surface area contributed by atoms with Gasteiger partial charge in [0.15, 0.2) is 0 Å². The van der Waals surface area contributed by atoms with Gasteiger partial charge in [0, 0.05) is 26.2 Å². The van der Waals surface area contributed by atoms with Crippen LogP contribution < -0.4 is 5.32 Å². The molecule has 3 amide bonds. The number of carbonyl (C=O) groups is 2. The summed E-state index contributed by atoms with van der Waals surface area (Å²) in [4.78, 5) is 26.4. The highest BCUT2D eigenvalue weighted by Crippen LogP contribution is 2.18. The minimum absolute atomic E-state index is 0.265. The van der Waals surface area contributed by atoms with E-state index in [4.69, 9.17) is 4.74 Å². The van der Waals surface area contributed by atoms with E-state index in [9.17, 15) is 18.4 Å². The zero-order chi connectivity index (χ0) is 16.1. The molecule has 1 N–H and O–H groups in total. The number of anilines is 1. The Labute approximate surface area is 126 Å². The van der Waals surface area contributed by atoms with Crippen molar-refractivity contribution in [2.45, 2.75) is 6.92 Å². The van der Waals surface area contributed by atoms with Crippen LogP contribution in [0.2, 0.25) is 0 Å². The number of carbonyl (C=O) groups excluding carboxylic acids is 2. The lowest BCUT2D eigenvalue weighted by molar-refractivity contribution is 0.0868. The van der Waals surface area contributed by atoms with Gasteiger partial charge < -0.3 is 19.9 Å². The number of hydrogen-bond donors (Lipinski definition) is 1. The number of amides is 3. The summed E-state index contributed by atoms with van der Waals surface area (Å²) in [5, 5.41) is 2.22. The molecule has 1 heterocycles. The number of nitrogens with one attached hydrogen (secondary N) is 1. The number of ether oxygens (including phenoxy) is 1. The Hall–Kier alpha value is -2.38. The highest BCUT2D eigenvalue weighted by Gasteiger charge is 2.25. The number of urea groups is 1. The summed E-state index contributed by atoms with van der Waals surface area (Å²) in [5.41, 5.74) is -0.472. The molecule has 1 aliphatic rings. The van der Waals surface area contributed by atoms with Crippen molar-refractivity contribution in [3.05, 3.63) is 29.8 Å². The molecule has 1 saturated heterocycles. The Bertz CT molecular complexity index is 540. The molecular formula is C14H17F2N3O3. The molecule has 8 heteroatoms. The van der Waals surface area contributed by atoms with Crippen molar-refractivity contribution in [1.82, 2.24) is 9.80 Å². The van der Waals surface area contributed by atoms with Crippen LogP contribution in [-0.4, -0.2) is 54.7 Å². The highest BCUT2D eigenvalue weighted by atomic mass is 19.1. The highest BCUT2D eigenvalue weighted by molar-refractivity contribution is 5.89. The maximum atomic E-state index is 13.5. The fourth-order valence-electron chi connectivity index (χ4n) is 2.11. The molecular weight excluding hydrogens is 296 g/mol. The van der Waals surface area contributed by atoms with Crippen LogP contribution in [0.4, 0.5) is 24.1 Å². The topological polar surface area (TPSA) is 61.9 Å². The predicted octanol–water partition coefficient (Wildman–Crippen LogP) is 2.27. The van der Waals surface area contributed by atoms with Crippen molar-refractivity contribution < 1.29 is 23.1 Å². The number of benzene rings is 1. The zero-order valence-electron chi connectivity index (χ0n) is 12.1. The van der Waals surface area contributed by atoms with Crippen molar-refractivity contribution in [1.29, 1.82) is 0 Å². The molecule has 0 unspecified atom stereocenters. The van der Waals surface area contributed by atoms with Crippen LogP contribution in [0.1, 0.15) is 6.92 Å². The first-order valence-electron chi connectivity index (χ1n) is 6.94. The molecule has 1 aromatic rings. The largest absolute Gasteiger partial charge is 0.450 e. The first-order chi connectivity index (χ1) is 10.5. The molecule has 2 rings (SSSR count). The van der Waals surface area contributed by atoms with Crippen molar-refractivity contribution in [2.75, 3.05) is 38.1 Å². The molecule has 1 aliphatic heterocycles. The summed E-state index contributed by atoms with van der Waals surface area (Å²) in [6.07, 6.45) is -0.428. The molecule has 0 atom stereocenters. The Balaban J connectivity index is 1.92. The number of halogens is 2. The van der Waals surface area contributed by atoms with E-state index in [0.717, 1.165) is 12.1 Å². The van der Waals surface area contributed by atoms with Gasteiger partial charge in [-0.05, 0) is 19.1 Å². The number of piperazine rings is 1. The van der Waals surface area contributed by atoms with E-state index >= 15 is 0 Å². The molecule has 120 valence electrons. The third kappa shape index (κ3) is 3.63. The molecule has 0 bridgehead atoms. The second-order valence-corrected chi connectivity index (χ2v) is 4.70. The second-order valence-electron chi connectivity index (χ2n) is 4.70. The molecule has 0 aliphatic carbocycles. The fraction of sp³-hybridized carbons (Fsp3) is 0.429. The van der Waals surface area contributed by atoms with E-state index in [1.165, 1.54) is 15.9 Å². The first kappa shape index (κ1) is 16.0. The van der Waals surface area contributed by atoms with E-state index in [1.807, 2.05) is 0 Å². The van der Waals surface area contributed by atoms with Gasteiger partial charge in [0.1, 0.15) is 17.3 Å². The van der Waals surface area contributed by atoms with Crippen LogP contribution >= 0.6 is 0 Å². The maximum Gasteiger partial charge on any atom is 0.409 e. The van der Waals surface area contributed by atoms with Gasteiger partial charge in [-0.2, -0.15) is 0 Å². The van der Waals surface area contributed by atoms with Crippen LogP contribution in [0, 0.1) is 11.6 Å². The third-order valence-electron chi connectivity index (χ3n) is 3.29. The van der Waals surface area contributed by atoms with Gasteiger partial charge in [-0.1, -0.05) is 6.07 Å². The Morgan fingerprint density at radius 3 is 2.23 bits per heavy atom. The zero-order valence-corrected chi connectivity index (χ0v) is 12.1. The third-order valence-corrected chi connectivity index (χ3v) is 3.29. The van der Waals surface area contributed by atoms with Gasteiger partial charge in [-0.15, -0.1) is 0 Å². The molecule has 22 heavy (non-hydrogen) atoms. The van der Waals surface area contributed by atoms with Gasteiger partial charge in [0.2, 0.25) is 0 Å². The van der Waals surface area contributed by atoms with E-state index in [0.29, 0.717) is 13.1 Å². The van der Waals surface area contributed by atoms with Gasteiger partial charge in [-0.25, -0.2) is 18.4 Å². The monoisotopic (exact) mass is 313 g/mol. The van der Waals surface area contributed by atoms with Crippen molar-refractivity contribution in [2.24, 2.45) is 0 Å². The minimum atomic E-state index is -0.835. The Kier molecular flexibility index (Phi) is 5.13. The predicted molar refractivity (Wildman–Crippen MR) is 75.5 cm³/mol. The lowest BCUT2D eigenvalue weighted by Gasteiger charge is -2.34. The summed E-state index contributed by atoms with van der Waals surface area (Å²) in [6, 6.07) is 2.75. The number of hydrogen-bond acceptors (Lipinski definition) is 3. The quantitative estimate of drug-likeness (QED) is 0.911. The number of rotatable bonds is 2. The van der Waals surface area contributed by atoms with Gasteiger partial charge in [0.05, 0.1) is 6.61 Å². The van der Waals surface area contributed by atoms with E-state index in [2.05, 4.69) is 5.32 Å². The molecule has 0 radical (unpaired) electrons. The molecule has 1 fully saturated rings. The number of para-hydroxylation sites is 1. The second kappa shape index (κ2) is 7.06. The average molecular weight is 313 g/mol. The smallest absolute Gasteiger partial charge is 0.409 e. The summed E-state index contributed by atoms with van der Waals surface area (Å²) in [5.74, 6) is -1.67. The van der Waals surface area contributed by atoms with E-state index < -0.39 is 29.4 Å². The van der Waals surface area contributed by atoms with Crippen LogP contribution in [0.25, 0.3) is 0 Å². The van der Waals surface area contributed by atoms with Crippen molar-refractivity contribution >= 4 is 17.8 Å². The van der Waals surface area contributed by atoms with Crippen LogP contribution in [0.5, 0.6) is 0 Å². The summed E-state index contributed by atoms with van der Waals surface area (Å²) in [6.45, 7) is 3.15. The van der Waals surface area contributed by atoms with Gasteiger partial charge >= 0.3 is 12.1 Å². The van der Waals surface area contributed by atoms with Crippen LogP contribution in [0.15, 0.2) is 18.2 Å². The van der Waals surface area contributed by atoms with E-state index in [1.54, 1.807) is 6.92 Å². The Morgan fingerprint density at radius 2 is 1.68 bits per heavy atom. The first-order valence-corrected chi connectivity index (χ1v) is 6.94. The van der Waals surface area contributed by atoms with Crippen LogP contribution in [-0.2, 0) is 4.74 Å². The average Bonchev–Trinajstić information content (AvgIpc) is 2.51. The van der Waals surface area contributed by atoms with Gasteiger partial charge in [0.25, 0.3) is 0 Å². The molecule has 1 aromatic carbocycles. The lowest BCUT2D eigenvalue weighted by Crippen LogP contribution is -2.51.